The van der Waals surface area contributed by atoms with Gasteiger partial charge in [-0.2, -0.15) is 12.6 Å². The minimum Gasteiger partial charge on any atom is -0.295 e. The van der Waals surface area contributed by atoms with E-state index in [4.69, 9.17) is 0 Å². The van der Waals surface area contributed by atoms with E-state index in [1.807, 2.05) is 25.1 Å². The van der Waals surface area contributed by atoms with Crippen LogP contribution in [0, 0.1) is 18.8 Å². The molecule has 1 rings (SSSR count). The van der Waals surface area contributed by atoms with Crippen molar-refractivity contribution in [3.05, 3.63) is 34.9 Å². The SMILES string of the molecule is CC(=O)c1ccc(C#CCCS)cc1C. The lowest BCUT2D eigenvalue weighted by molar-refractivity contribution is 0.101. The average molecular weight is 218 g/mol. The van der Waals surface area contributed by atoms with E-state index in [1.165, 1.54) is 0 Å². The fourth-order valence-corrected chi connectivity index (χ4v) is 1.47. The summed E-state index contributed by atoms with van der Waals surface area (Å²) in [6.07, 6.45) is 0.788. The van der Waals surface area contributed by atoms with Gasteiger partial charge < -0.3 is 0 Å². The first-order valence-corrected chi connectivity index (χ1v) is 5.49. The van der Waals surface area contributed by atoms with Gasteiger partial charge in [0.1, 0.15) is 0 Å². The molecule has 15 heavy (non-hydrogen) atoms. The topological polar surface area (TPSA) is 17.1 Å². The van der Waals surface area contributed by atoms with Gasteiger partial charge in [0.05, 0.1) is 0 Å². The summed E-state index contributed by atoms with van der Waals surface area (Å²) in [5.74, 6) is 6.93. The first kappa shape index (κ1) is 11.9. The third-order valence-corrected chi connectivity index (χ3v) is 2.30. The number of rotatable bonds is 2. The Morgan fingerprint density at radius 3 is 2.73 bits per heavy atom. The molecule has 0 amide bonds. The molecule has 0 saturated carbocycles. The predicted molar refractivity (Wildman–Crippen MR) is 66.5 cm³/mol. The van der Waals surface area contributed by atoms with Crippen LogP contribution in [0.3, 0.4) is 0 Å². The van der Waals surface area contributed by atoms with Gasteiger partial charge in [0.2, 0.25) is 0 Å². The Morgan fingerprint density at radius 2 is 2.20 bits per heavy atom. The highest BCUT2D eigenvalue weighted by molar-refractivity contribution is 7.80. The Morgan fingerprint density at radius 1 is 1.47 bits per heavy atom. The molecule has 0 bridgehead atoms. The molecule has 0 unspecified atom stereocenters. The summed E-state index contributed by atoms with van der Waals surface area (Å²) < 4.78 is 0. The number of aryl methyl sites for hydroxylation is 1. The molecule has 1 aromatic carbocycles. The number of ketones is 1. The van der Waals surface area contributed by atoms with Crippen LogP contribution in [0.1, 0.15) is 34.8 Å². The van der Waals surface area contributed by atoms with Gasteiger partial charge in [0.15, 0.2) is 5.78 Å². The van der Waals surface area contributed by atoms with Crippen LogP contribution in [0.2, 0.25) is 0 Å². The number of carbonyl (C=O) groups excluding carboxylic acids is 1. The van der Waals surface area contributed by atoms with Crippen molar-refractivity contribution in [1.82, 2.24) is 0 Å². The lowest BCUT2D eigenvalue weighted by Crippen LogP contribution is -1.95. The Hall–Kier alpha value is -1.20. The maximum Gasteiger partial charge on any atom is 0.160 e. The summed E-state index contributed by atoms with van der Waals surface area (Å²) >= 11 is 4.08. The van der Waals surface area contributed by atoms with Gasteiger partial charge in [0, 0.05) is 23.3 Å². The molecule has 0 aliphatic rings. The van der Waals surface area contributed by atoms with Crippen LogP contribution in [0.4, 0.5) is 0 Å². The number of Topliss-reactive ketones (excluding diaryl/α,β-unsaturated/α-hetero) is 1. The lowest BCUT2D eigenvalue weighted by Gasteiger charge is -2.01. The average Bonchev–Trinajstić information content (AvgIpc) is 2.17. The fourth-order valence-electron chi connectivity index (χ4n) is 1.36. The summed E-state index contributed by atoms with van der Waals surface area (Å²) in [4.78, 5) is 11.2. The van der Waals surface area contributed by atoms with Gasteiger partial charge in [-0.1, -0.05) is 11.8 Å². The largest absolute Gasteiger partial charge is 0.295 e. The summed E-state index contributed by atoms with van der Waals surface area (Å²) in [6, 6.07) is 5.67. The highest BCUT2D eigenvalue weighted by atomic mass is 32.1. The minimum atomic E-state index is 0.0994. The van der Waals surface area contributed by atoms with Gasteiger partial charge in [0.25, 0.3) is 0 Å². The summed E-state index contributed by atoms with van der Waals surface area (Å²) in [6.45, 7) is 3.51. The second-order valence-corrected chi connectivity index (χ2v) is 3.81. The van der Waals surface area contributed by atoms with Crippen LogP contribution in [0.25, 0.3) is 0 Å². The van der Waals surface area contributed by atoms with Crippen LogP contribution in [0.5, 0.6) is 0 Å². The molecule has 0 N–H and O–H groups in total. The number of hydrogen-bond donors (Lipinski definition) is 1. The van der Waals surface area contributed by atoms with E-state index in [-0.39, 0.29) is 5.78 Å². The summed E-state index contributed by atoms with van der Waals surface area (Å²) in [5.41, 5.74) is 2.72. The third kappa shape index (κ3) is 3.45. The highest BCUT2D eigenvalue weighted by Crippen LogP contribution is 2.11. The molecule has 1 nitrogen and oxygen atoms in total. The van der Waals surface area contributed by atoms with Crippen LogP contribution in [-0.2, 0) is 0 Å². The minimum absolute atomic E-state index is 0.0994. The molecule has 0 fully saturated rings. The van der Waals surface area contributed by atoms with E-state index in [1.54, 1.807) is 6.92 Å². The molecule has 0 spiro atoms. The molecule has 78 valence electrons. The van der Waals surface area contributed by atoms with Gasteiger partial charge in [-0.25, -0.2) is 0 Å². The van der Waals surface area contributed by atoms with Crippen molar-refractivity contribution in [2.24, 2.45) is 0 Å². The van der Waals surface area contributed by atoms with E-state index in [0.29, 0.717) is 0 Å². The molecular weight excluding hydrogens is 204 g/mol. The van der Waals surface area contributed by atoms with Crippen molar-refractivity contribution in [3.8, 4) is 11.8 Å². The van der Waals surface area contributed by atoms with Gasteiger partial charge >= 0.3 is 0 Å². The third-order valence-electron chi connectivity index (χ3n) is 2.08. The van der Waals surface area contributed by atoms with Crippen molar-refractivity contribution in [2.75, 3.05) is 5.75 Å². The standard InChI is InChI=1S/C13H14OS/c1-10-9-12(5-3-4-8-15)6-7-13(10)11(2)14/h6-7,9,15H,4,8H2,1-2H3. The molecular formula is C13H14OS. The molecule has 0 saturated heterocycles. The maximum atomic E-state index is 11.2. The highest BCUT2D eigenvalue weighted by Gasteiger charge is 2.02. The normalized spacial score (nSPS) is 9.27. The second kappa shape index (κ2) is 5.63. The lowest BCUT2D eigenvalue weighted by atomic mass is 10.0. The van der Waals surface area contributed by atoms with Crippen molar-refractivity contribution in [2.45, 2.75) is 20.3 Å². The van der Waals surface area contributed by atoms with Gasteiger partial charge in [-0.05, 0) is 37.6 Å². The van der Waals surface area contributed by atoms with Crippen molar-refractivity contribution in [3.63, 3.8) is 0 Å². The summed E-state index contributed by atoms with van der Waals surface area (Å²) in [5, 5.41) is 0. The Bertz CT molecular complexity index is 424. The maximum absolute atomic E-state index is 11.2. The zero-order valence-electron chi connectivity index (χ0n) is 9.00. The molecule has 0 heterocycles. The predicted octanol–water partition coefficient (Wildman–Crippen LogP) is 2.87. The fraction of sp³-hybridized carbons (Fsp3) is 0.308. The Labute approximate surface area is 96.3 Å². The van der Waals surface area contributed by atoms with Crippen molar-refractivity contribution >= 4 is 18.4 Å². The van der Waals surface area contributed by atoms with E-state index < -0.39 is 0 Å². The molecule has 2 heteroatoms. The van der Waals surface area contributed by atoms with Gasteiger partial charge in [-0.3, -0.25) is 4.79 Å². The molecule has 0 aliphatic carbocycles. The van der Waals surface area contributed by atoms with E-state index in [0.717, 1.165) is 28.9 Å². The summed E-state index contributed by atoms with van der Waals surface area (Å²) in [7, 11) is 0. The van der Waals surface area contributed by atoms with Crippen LogP contribution < -0.4 is 0 Å². The van der Waals surface area contributed by atoms with E-state index in [2.05, 4.69) is 24.5 Å². The zero-order valence-corrected chi connectivity index (χ0v) is 9.90. The second-order valence-electron chi connectivity index (χ2n) is 3.36. The number of hydrogen-bond acceptors (Lipinski definition) is 2. The number of thiol groups is 1. The molecule has 0 atom stereocenters. The number of carbonyl (C=O) groups is 1. The molecule has 0 aromatic heterocycles. The first-order valence-electron chi connectivity index (χ1n) is 4.86. The van der Waals surface area contributed by atoms with E-state index >= 15 is 0 Å². The number of benzene rings is 1. The Balaban J connectivity index is 2.93. The van der Waals surface area contributed by atoms with Crippen LogP contribution in [-0.4, -0.2) is 11.5 Å². The van der Waals surface area contributed by atoms with Gasteiger partial charge in [-0.15, -0.1) is 0 Å². The molecule has 0 radical (unpaired) electrons. The smallest absolute Gasteiger partial charge is 0.160 e. The molecule has 0 aliphatic heterocycles. The monoisotopic (exact) mass is 218 g/mol. The van der Waals surface area contributed by atoms with E-state index in [9.17, 15) is 4.79 Å². The van der Waals surface area contributed by atoms with Crippen molar-refractivity contribution in [1.29, 1.82) is 0 Å². The zero-order chi connectivity index (χ0) is 11.3. The Kier molecular flexibility index (Phi) is 4.45. The van der Waals surface area contributed by atoms with Crippen molar-refractivity contribution < 1.29 is 4.79 Å². The van der Waals surface area contributed by atoms with Crippen LogP contribution in [0.15, 0.2) is 18.2 Å². The first-order chi connectivity index (χ1) is 7.15. The molecule has 1 aromatic rings. The van der Waals surface area contributed by atoms with Crippen LogP contribution >= 0.6 is 12.6 Å². The quantitative estimate of drug-likeness (QED) is 0.459.